The Bertz CT molecular complexity index is 904. The largest absolute Gasteiger partial charge is 0.543 e. The smallest absolute Gasteiger partial charge is 0.336 e. The average Bonchev–Trinajstić information content (AvgIpc) is 2.61. The maximum atomic E-state index is 13.3. The molecule has 0 amide bonds. The van der Waals surface area contributed by atoms with E-state index in [-0.39, 0.29) is 16.0 Å². The van der Waals surface area contributed by atoms with Crippen molar-refractivity contribution >= 4 is 22.6 Å². The molecule has 1 atom stereocenters. The molecule has 0 aliphatic carbocycles. The van der Waals surface area contributed by atoms with Crippen molar-refractivity contribution in [2.24, 2.45) is 0 Å². The van der Waals surface area contributed by atoms with E-state index >= 15 is 0 Å². The van der Waals surface area contributed by atoms with Gasteiger partial charge in [0.05, 0.1) is 0 Å². The molecule has 4 nitrogen and oxygen atoms in total. The summed E-state index contributed by atoms with van der Waals surface area (Å²) in [6.07, 6.45) is 1.38. The van der Waals surface area contributed by atoms with Crippen molar-refractivity contribution in [1.29, 1.82) is 0 Å². The van der Waals surface area contributed by atoms with Crippen molar-refractivity contribution < 1.29 is 18.4 Å². The maximum Gasteiger partial charge on any atom is 0.336 e. The number of carbonyl (C=O) groups excluding carboxylic acids is 1. The molecule has 1 aromatic rings. The van der Waals surface area contributed by atoms with Crippen LogP contribution in [-0.4, -0.2) is 28.2 Å². The molecule has 0 aromatic heterocycles. The first-order chi connectivity index (χ1) is 14.1. The minimum atomic E-state index is -2.22. The fourth-order valence-corrected chi connectivity index (χ4v) is 5.54. The lowest BCUT2D eigenvalue weighted by molar-refractivity contribution is -0.153. The highest BCUT2D eigenvalue weighted by Crippen LogP contribution is 2.47. The first kappa shape index (κ1) is 27.0. The Morgan fingerprint density at radius 1 is 0.875 bits per heavy atom. The van der Waals surface area contributed by atoms with Gasteiger partial charge in [0.15, 0.2) is 0 Å². The number of benzene rings is 1. The third kappa shape index (κ3) is 4.81. The van der Waals surface area contributed by atoms with Crippen LogP contribution in [0.2, 0.25) is 36.3 Å². The molecule has 0 fully saturated rings. The van der Waals surface area contributed by atoms with Gasteiger partial charge in [-0.2, -0.15) is 0 Å². The molecule has 0 spiro atoms. The molecule has 2 rings (SSSR count). The van der Waals surface area contributed by atoms with E-state index in [1.54, 1.807) is 0 Å². The van der Waals surface area contributed by atoms with Crippen LogP contribution in [0.25, 0.3) is 0 Å². The van der Waals surface area contributed by atoms with Crippen molar-refractivity contribution in [2.75, 3.05) is 0 Å². The van der Waals surface area contributed by atoms with Gasteiger partial charge >= 0.3 is 5.97 Å². The van der Waals surface area contributed by atoms with Gasteiger partial charge in [0.2, 0.25) is 5.60 Å². The molecule has 0 N–H and O–H groups in total. The maximum absolute atomic E-state index is 13.3. The van der Waals surface area contributed by atoms with E-state index in [1.807, 2.05) is 6.92 Å². The first-order valence-corrected chi connectivity index (χ1v) is 17.7. The Kier molecular flexibility index (Phi) is 6.90. The van der Waals surface area contributed by atoms with Crippen molar-refractivity contribution in [3.63, 3.8) is 0 Å². The molecule has 0 bridgehead atoms. The number of hydrogen-bond donors (Lipinski definition) is 0. The Hall–Kier alpha value is -1.28. The number of rotatable bonds is 4. The monoisotopic (exact) mass is 478 g/mol. The summed E-state index contributed by atoms with van der Waals surface area (Å²) in [6.45, 7) is 30.2. The van der Waals surface area contributed by atoms with Gasteiger partial charge in [-0.1, -0.05) is 41.5 Å². The van der Waals surface area contributed by atoms with Crippen LogP contribution < -0.4 is 9.16 Å². The van der Waals surface area contributed by atoms with E-state index in [2.05, 4.69) is 88.5 Å². The van der Waals surface area contributed by atoms with Crippen LogP contribution in [0.15, 0.2) is 0 Å². The summed E-state index contributed by atoms with van der Waals surface area (Å²) in [5, 5.41) is 0.0862. The number of carbonyl (C=O) groups is 1. The fourth-order valence-electron chi connectivity index (χ4n) is 3.43. The molecular formula is C26H46O4Si2. The average molecular weight is 479 g/mol. The summed E-state index contributed by atoms with van der Waals surface area (Å²) in [6, 6.07) is 0. The summed E-state index contributed by atoms with van der Waals surface area (Å²) < 4.78 is 19.4. The molecule has 0 saturated carbocycles. The quantitative estimate of drug-likeness (QED) is 0.417. The van der Waals surface area contributed by atoms with Crippen molar-refractivity contribution in [2.45, 2.75) is 124 Å². The Balaban J connectivity index is 2.44. The zero-order chi connectivity index (χ0) is 25.1. The normalized spacial score (nSPS) is 19.8. The highest BCUT2D eigenvalue weighted by Gasteiger charge is 2.48. The lowest BCUT2D eigenvalue weighted by Gasteiger charge is -2.42. The van der Waals surface area contributed by atoms with E-state index in [1.165, 1.54) is 5.56 Å². The molecule has 6 heteroatoms. The van der Waals surface area contributed by atoms with Gasteiger partial charge in [-0.15, -0.1) is 0 Å². The second kappa shape index (κ2) is 8.19. The van der Waals surface area contributed by atoms with Gasteiger partial charge in [0.1, 0.15) is 11.5 Å². The van der Waals surface area contributed by atoms with Crippen LogP contribution >= 0.6 is 0 Å². The molecule has 32 heavy (non-hydrogen) atoms. The van der Waals surface area contributed by atoms with Crippen LogP contribution in [-0.2, 0) is 15.6 Å². The zero-order valence-corrected chi connectivity index (χ0v) is 25.0. The van der Waals surface area contributed by atoms with Gasteiger partial charge in [-0.3, -0.25) is 0 Å². The van der Waals surface area contributed by atoms with Gasteiger partial charge in [-0.25, -0.2) is 4.79 Å². The van der Waals surface area contributed by atoms with E-state index < -0.39 is 22.2 Å². The van der Waals surface area contributed by atoms with Crippen LogP contribution in [0, 0.1) is 20.8 Å². The van der Waals surface area contributed by atoms with Crippen LogP contribution in [0.3, 0.4) is 0 Å². The third-order valence-corrected chi connectivity index (χ3v) is 16.9. The minimum absolute atomic E-state index is 0.0370. The van der Waals surface area contributed by atoms with E-state index in [0.29, 0.717) is 6.42 Å². The van der Waals surface area contributed by atoms with Gasteiger partial charge in [-0.05, 0) is 87.1 Å². The summed E-state index contributed by atoms with van der Waals surface area (Å²) in [4.78, 5) is 13.3. The standard InChI is InChI=1S/C26H46O4Si2/c1-17-18(2)22-20(19(3)21(17)29-31(11,12)24(4,5)6)15-16-26(10,28-22)23(27)30-32(13,14)25(7,8)9/h15-16H2,1-14H3. The van der Waals surface area contributed by atoms with Crippen molar-refractivity contribution in [3.8, 4) is 11.5 Å². The van der Waals surface area contributed by atoms with Crippen molar-refractivity contribution in [1.82, 2.24) is 0 Å². The molecule has 182 valence electrons. The number of ether oxygens (including phenoxy) is 1. The van der Waals surface area contributed by atoms with Crippen LogP contribution in [0.1, 0.15) is 77.1 Å². The minimum Gasteiger partial charge on any atom is -0.543 e. The topological polar surface area (TPSA) is 44.8 Å². The second-order valence-electron chi connectivity index (χ2n) is 12.9. The van der Waals surface area contributed by atoms with Crippen LogP contribution in [0.4, 0.5) is 0 Å². The lowest BCUT2D eigenvalue weighted by atomic mass is 9.87. The van der Waals surface area contributed by atoms with E-state index in [9.17, 15) is 4.79 Å². The molecule has 1 aliphatic rings. The fraction of sp³-hybridized carbons (Fsp3) is 0.731. The number of hydrogen-bond acceptors (Lipinski definition) is 4. The number of fused-ring (bicyclic) bond motifs is 1. The van der Waals surface area contributed by atoms with Gasteiger partial charge in [0, 0.05) is 12.0 Å². The van der Waals surface area contributed by atoms with Gasteiger partial charge in [0.25, 0.3) is 16.6 Å². The summed E-state index contributed by atoms with van der Waals surface area (Å²) in [7, 11) is -4.20. The summed E-state index contributed by atoms with van der Waals surface area (Å²) in [5.74, 6) is 1.61. The Labute approximate surface area is 198 Å². The molecule has 1 unspecified atom stereocenters. The Morgan fingerprint density at radius 3 is 1.84 bits per heavy atom. The third-order valence-electron chi connectivity index (χ3n) is 8.24. The predicted molar refractivity (Wildman–Crippen MR) is 139 cm³/mol. The Morgan fingerprint density at radius 2 is 1.38 bits per heavy atom. The molecule has 0 saturated heterocycles. The van der Waals surface area contributed by atoms with E-state index in [0.717, 1.165) is 34.6 Å². The summed E-state index contributed by atoms with van der Waals surface area (Å²) >= 11 is 0. The lowest BCUT2D eigenvalue weighted by Crippen LogP contribution is -2.52. The highest BCUT2D eigenvalue weighted by atomic mass is 28.4. The second-order valence-corrected chi connectivity index (χ2v) is 22.3. The molecular weight excluding hydrogens is 432 g/mol. The SMILES string of the molecule is Cc1c(C)c2c(c(C)c1O[Si](C)(C)C(C)(C)C)CCC(C)(C(=O)O[Si](C)(C)C(C)(C)C)O2. The molecule has 1 aliphatic heterocycles. The first-order valence-electron chi connectivity index (χ1n) is 11.9. The highest BCUT2D eigenvalue weighted by molar-refractivity contribution is 6.75. The molecule has 0 radical (unpaired) electrons. The van der Waals surface area contributed by atoms with Crippen molar-refractivity contribution in [3.05, 3.63) is 22.3 Å². The van der Waals surface area contributed by atoms with Crippen LogP contribution in [0.5, 0.6) is 11.5 Å². The zero-order valence-electron chi connectivity index (χ0n) is 23.0. The van der Waals surface area contributed by atoms with Gasteiger partial charge < -0.3 is 13.6 Å². The molecule has 1 aromatic carbocycles. The van der Waals surface area contributed by atoms with E-state index in [4.69, 9.17) is 13.6 Å². The predicted octanol–water partition coefficient (Wildman–Crippen LogP) is 7.63. The summed E-state index contributed by atoms with van der Waals surface area (Å²) in [5.41, 5.74) is 3.51. The molecule has 1 heterocycles.